The van der Waals surface area contributed by atoms with Crippen molar-refractivity contribution in [2.24, 2.45) is 0 Å². The summed E-state index contributed by atoms with van der Waals surface area (Å²) in [6, 6.07) is 0. The van der Waals surface area contributed by atoms with Gasteiger partial charge in [-0.05, 0) is 20.8 Å². The molecule has 66 valence electrons. The molecule has 0 aromatic heterocycles. The topological polar surface area (TPSA) is 60.4 Å². The van der Waals surface area contributed by atoms with Gasteiger partial charge in [-0.25, -0.2) is 0 Å². The van der Waals surface area contributed by atoms with Gasteiger partial charge in [0.2, 0.25) is 0 Å². The smallest absolute Gasteiger partial charge is 0.265 e. The van der Waals surface area contributed by atoms with Crippen molar-refractivity contribution in [1.82, 2.24) is 0 Å². The maximum Gasteiger partial charge on any atom is 0.265 e. The average Bonchev–Trinajstić information content (AvgIpc) is 1.56. The molecular weight excluding hydrogens is 168 g/mol. The number of carbonyl (C=O) groups is 1. The monoisotopic (exact) mass is 180 g/mol. The fourth-order valence-corrected chi connectivity index (χ4v) is 1.31. The molecule has 0 heterocycles. The molecule has 0 aliphatic carbocycles. The molecule has 5 heteroatoms. The minimum atomic E-state index is -3.55. The van der Waals surface area contributed by atoms with Crippen molar-refractivity contribution in [3.8, 4) is 0 Å². The third-order valence-corrected chi connectivity index (χ3v) is 1.93. The van der Waals surface area contributed by atoms with Gasteiger partial charge in [0.05, 0.1) is 6.26 Å². The van der Waals surface area contributed by atoms with E-state index in [-0.39, 0.29) is 5.78 Å². The first-order chi connectivity index (χ1) is 4.65. The Morgan fingerprint density at radius 3 is 1.82 bits per heavy atom. The minimum Gasteiger partial charge on any atom is -0.297 e. The SMILES string of the molecule is CC(=O)C(C)(C)OS(C)(=O)=O. The molecule has 0 atom stereocenters. The standard InChI is InChI=1S/C6H12O4S/c1-5(7)6(2,3)10-11(4,8)9/h1-4H3. The minimum absolute atomic E-state index is 0.317. The Kier molecular flexibility index (Phi) is 2.79. The number of hydrogen-bond donors (Lipinski definition) is 0. The molecule has 0 aliphatic heterocycles. The van der Waals surface area contributed by atoms with Gasteiger partial charge >= 0.3 is 0 Å². The van der Waals surface area contributed by atoms with Gasteiger partial charge in [-0.3, -0.25) is 8.98 Å². The summed E-state index contributed by atoms with van der Waals surface area (Å²) in [5.74, 6) is -0.317. The van der Waals surface area contributed by atoms with Crippen LogP contribution in [0.5, 0.6) is 0 Å². The molecule has 0 rings (SSSR count). The lowest BCUT2D eigenvalue weighted by molar-refractivity contribution is -0.129. The van der Waals surface area contributed by atoms with E-state index < -0.39 is 15.7 Å². The number of carbonyl (C=O) groups excluding carboxylic acids is 1. The van der Waals surface area contributed by atoms with Crippen LogP contribution in [0.3, 0.4) is 0 Å². The second kappa shape index (κ2) is 2.91. The molecule has 0 aromatic rings. The van der Waals surface area contributed by atoms with E-state index in [9.17, 15) is 13.2 Å². The lowest BCUT2D eigenvalue weighted by Gasteiger charge is -2.19. The maximum atomic E-state index is 10.8. The van der Waals surface area contributed by atoms with Crippen LogP contribution in [-0.4, -0.2) is 26.1 Å². The summed E-state index contributed by atoms with van der Waals surface area (Å²) in [5.41, 5.74) is -1.24. The Labute approximate surface area is 66.7 Å². The Morgan fingerprint density at radius 2 is 1.73 bits per heavy atom. The molecule has 0 spiro atoms. The quantitative estimate of drug-likeness (QED) is 0.587. The second-order valence-electron chi connectivity index (χ2n) is 2.85. The molecule has 0 saturated carbocycles. The van der Waals surface area contributed by atoms with Gasteiger partial charge in [0.25, 0.3) is 10.1 Å². The lowest BCUT2D eigenvalue weighted by Crippen LogP contribution is -2.35. The van der Waals surface area contributed by atoms with E-state index in [1.165, 1.54) is 20.8 Å². The van der Waals surface area contributed by atoms with Crippen LogP contribution in [0, 0.1) is 0 Å². The molecular formula is C6H12O4S. The first-order valence-corrected chi connectivity index (χ1v) is 4.88. The fraction of sp³-hybridized carbons (Fsp3) is 0.833. The number of ketones is 1. The van der Waals surface area contributed by atoms with Crippen LogP contribution in [0.15, 0.2) is 0 Å². The van der Waals surface area contributed by atoms with Crippen molar-refractivity contribution in [3.63, 3.8) is 0 Å². The summed E-state index contributed by atoms with van der Waals surface area (Å²) >= 11 is 0. The van der Waals surface area contributed by atoms with Crippen LogP contribution in [-0.2, 0) is 19.1 Å². The van der Waals surface area contributed by atoms with Gasteiger partial charge in [-0.15, -0.1) is 0 Å². The first kappa shape index (κ1) is 10.6. The Hall–Kier alpha value is -0.420. The highest BCUT2D eigenvalue weighted by Crippen LogP contribution is 2.12. The van der Waals surface area contributed by atoms with Crippen molar-refractivity contribution in [1.29, 1.82) is 0 Å². The average molecular weight is 180 g/mol. The van der Waals surface area contributed by atoms with Crippen LogP contribution in [0.1, 0.15) is 20.8 Å². The van der Waals surface area contributed by atoms with Gasteiger partial charge in [-0.1, -0.05) is 0 Å². The second-order valence-corrected chi connectivity index (χ2v) is 4.43. The molecule has 0 saturated heterocycles. The highest BCUT2D eigenvalue weighted by atomic mass is 32.2. The summed E-state index contributed by atoms with van der Waals surface area (Å²) in [5, 5.41) is 0. The Balaban J connectivity index is 4.51. The van der Waals surface area contributed by atoms with Gasteiger partial charge in [0, 0.05) is 0 Å². The Bertz CT molecular complexity index is 250. The number of Topliss-reactive ketones (excluding diaryl/α,β-unsaturated/α-hetero) is 1. The fourth-order valence-electron chi connectivity index (χ4n) is 0.437. The highest BCUT2D eigenvalue weighted by molar-refractivity contribution is 7.86. The van der Waals surface area contributed by atoms with E-state index >= 15 is 0 Å². The summed E-state index contributed by atoms with van der Waals surface area (Å²) in [6.07, 6.45) is 0.914. The molecule has 0 aromatic carbocycles. The van der Waals surface area contributed by atoms with Crippen LogP contribution in [0.2, 0.25) is 0 Å². The van der Waals surface area contributed by atoms with Crippen molar-refractivity contribution in [2.45, 2.75) is 26.4 Å². The van der Waals surface area contributed by atoms with Gasteiger partial charge in [-0.2, -0.15) is 8.42 Å². The molecule has 11 heavy (non-hydrogen) atoms. The van der Waals surface area contributed by atoms with Gasteiger partial charge < -0.3 is 0 Å². The molecule has 0 bridgehead atoms. The molecule has 0 aliphatic rings. The van der Waals surface area contributed by atoms with Crippen LogP contribution >= 0.6 is 0 Å². The predicted octanol–water partition coefficient (Wildman–Crippen LogP) is 0.330. The van der Waals surface area contributed by atoms with Gasteiger partial charge in [0.15, 0.2) is 5.78 Å². The summed E-state index contributed by atoms with van der Waals surface area (Å²) in [7, 11) is -3.55. The predicted molar refractivity (Wildman–Crippen MR) is 40.7 cm³/mol. The summed E-state index contributed by atoms with van der Waals surface area (Å²) < 4.78 is 25.7. The maximum absolute atomic E-state index is 10.8. The van der Waals surface area contributed by atoms with Crippen LogP contribution in [0.4, 0.5) is 0 Å². The zero-order chi connectivity index (χ0) is 9.28. The van der Waals surface area contributed by atoms with Crippen molar-refractivity contribution < 1.29 is 17.4 Å². The van der Waals surface area contributed by atoms with E-state index in [1.807, 2.05) is 0 Å². The third-order valence-electron chi connectivity index (χ3n) is 1.21. The molecule has 0 N–H and O–H groups in total. The van der Waals surface area contributed by atoms with E-state index in [0.29, 0.717) is 0 Å². The number of hydrogen-bond acceptors (Lipinski definition) is 4. The zero-order valence-corrected chi connectivity index (χ0v) is 7.86. The molecule has 0 fully saturated rings. The van der Waals surface area contributed by atoms with Crippen molar-refractivity contribution in [3.05, 3.63) is 0 Å². The summed E-state index contributed by atoms with van der Waals surface area (Å²) in [6.45, 7) is 4.11. The summed E-state index contributed by atoms with van der Waals surface area (Å²) in [4.78, 5) is 10.8. The Morgan fingerprint density at radius 1 is 1.36 bits per heavy atom. The van der Waals surface area contributed by atoms with E-state index in [4.69, 9.17) is 0 Å². The largest absolute Gasteiger partial charge is 0.297 e. The third kappa shape index (κ3) is 4.10. The van der Waals surface area contributed by atoms with Crippen LogP contribution in [0.25, 0.3) is 0 Å². The van der Waals surface area contributed by atoms with Crippen molar-refractivity contribution >= 4 is 15.9 Å². The lowest BCUT2D eigenvalue weighted by atomic mass is 10.1. The molecule has 4 nitrogen and oxygen atoms in total. The molecule has 0 amide bonds. The normalized spacial score (nSPS) is 13.1. The van der Waals surface area contributed by atoms with E-state index in [0.717, 1.165) is 6.26 Å². The van der Waals surface area contributed by atoms with Crippen molar-refractivity contribution in [2.75, 3.05) is 6.26 Å². The molecule has 0 radical (unpaired) electrons. The van der Waals surface area contributed by atoms with E-state index in [2.05, 4.69) is 4.18 Å². The molecule has 0 unspecified atom stereocenters. The highest BCUT2D eigenvalue weighted by Gasteiger charge is 2.28. The van der Waals surface area contributed by atoms with Gasteiger partial charge in [0.1, 0.15) is 5.60 Å². The number of rotatable bonds is 3. The first-order valence-electron chi connectivity index (χ1n) is 3.07. The van der Waals surface area contributed by atoms with Crippen LogP contribution < -0.4 is 0 Å². The zero-order valence-electron chi connectivity index (χ0n) is 7.04. The van der Waals surface area contributed by atoms with E-state index in [1.54, 1.807) is 0 Å².